The van der Waals surface area contributed by atoms with Crippen LogP contribution in [-0.4, -0.2) is 49.3 Å². The van der Waals surface area contributed by atoms with Gasteiger partial charge in [0.1, 0.15) is 18.3 Å². The lowest BCUT2D eigenvalue weighted by atomic mass is 10.0. The Labute approximate surface area is 245 Å². The molecule has 0 saturated carbocycles. The van der Waals surface area contributed by atoms with Crippen LogP contribution in [0.2, 0.25) is 5.02 Å². The minimum absolute atomic E-state index is 0.0150. The van der Waals surface area contributed by atoms with Crippen molar-refractivity contribution in [2.24, 2.45) is 0 Å². The molecule has 2 atom stereocenters. The van der Waals surface area contributed by atoms with Crippen LogP contribution >= 0.6 is 11.6 Å². The van der Waals surface area contributed by atoms with Gasteiger partial charge in [0, 0.05) is 35.0 Å². The standard InChI is InChI=1S/C32H27ClFN5O3/c1-3-20-12-14-26(39(20)27(41)17-38-25-10-5-4-7-23(25)30(37-38)18(2)40)32(42)36-24-9-6-8-22(29(24)34)21-13-11-19-15-16-35-31(19)28(21)33/h3-11,13,15-16,20,26,35H,1,12,14,17H2,2H3,(H,36,42)/t20-,26+/m1/s1. The maximum Gasteiger partial charge on any atom is 0.247 e. The zero-order valence-electron chi connectivity index (χ0n) is 22.7. The number of carbonyl (C=O) groups is 3. The summed E-state index contributed by atoms with van der Waals surface area (Å²) >= 11 is 6.59. The summed E-state index contributed by atoms with van der Waals surface area (Å²) in [5.41, 5.74) is 2.32. The molecule has 212 valence electrons. The molecule has 3 heterocycles. The zero-order valence-corrected chi connectivity index (χ0v) is 23.5. The number of halogens is 2. The third-order valence-electron chi connectivity index (χ3n) is 7.78. The average Bonchev–Trinajstić information content (AvgIpc) is 3.72. The van der Waals surface area contributed by atoms with E-state index in [1.807, 2.05) is 12.1 Å². The highest BCUT2D eigenvalue weighted by Crippen LogP contribution is 2.37. The number of carbonyl (C=O) groups excluding carboxylic acids is 3. The van der Waals surface area contributed by atoms with Crippen LogP contribution < -0.4 is 5.32 Å². The number of amides is 2. The van der Waals surface area contributed by atoms with E-state index in [4.69, 9.17) is 11.6 Å². The summed E-state index contributed by atoms with van der Waals surface area (Å²) in [6.45, 7) is 5.11. The summed E-state index contributed by atoms with van der Waals surface area (Å²) in [5, 5.41) is 9.02. The Bertz CT molecular complexity index is 1890. The number of benzene rings is 3. The quantitative estimate of drug-likeness (QED) is 0.172. The minimum Gasteiger partial charge on any atom is -0.360 e. The number of fused-ring (bicyclic) bond motifs is 2. The summed E-state index contributed by atoms with van der Waals surface area (Å²) in [6, 6.07) is 16.1. The van der Waals surface area contributed by atoms with E-state index in [1.165, 1.54) is 22.6 Å². The Morgan fingerprint density at radius 3 is 2.69 bits per heavy atom. The van der Waals surface area contributed by atoms with Crippen LogP contribution in [0.4, 0.5) is 10.1 Å². The van der Waals surface area contributed by atoms with Gasteiger partial charge >= 0.3 is 0 Å². The SMILES string of the molecule is C=C[C@@H]1CC[C@@H](C(=O)Nc2cccc(-c3ccc4cc[nH]c4c3Cl)c2F)N1C(=O)Cn1nc(C(C)=O)c2ccccc21. The van der Waals surface area contributed by atoms with Crippen LogP contribution in [0.5, 0.6) is 0 Å². The Kier molecular flexibility index (Phi) is 7.12. The molecule has 0 spiro atoms. The van der Waals surface area contributed by atoms with E-state index in [9.17, 15) is 14.4 Å². The van der Waals surface area contributed by atoms with E-state index in [2.05, 4.69) is 22.0 Å². The van der Waals surface area contributed by atoms with Crippen molar-refractivity contribution in [2.75, 3.05) is 5.32 Å². The van der Waals surface area contributed by atoms with Gasteiger partial charge in [0.05, 0.1) is 27.8 Å². The molecule has 1 fully saturated rings. The van der Waals surface area contributed by atoms with E-state index in [1.54, 1.807) is 54.7 Å². The Morgan fingerprint density at radius 1 is 1.10 bits per heavy atom. The van der Waals surface area contributed by atoms with Gasteiger partial charge in [0.2, 0.25) is 11.8 Å². The fourth-order valence-corrected chi connectivity index (χ4v) is 6.08. The lowest BCUT2D eigenvalue weighted by Gasteiger charge is -2.28. The molecule has 10 heteroatoms. The number of aromatic amines is 1. The first kappa shape index (κ1) is 27.4. The number of rotatable bonds is 7. The summed E-state index contributed by atoms with van der Waals surface area (Å²) in [7, 11) is 0. The number of H-pyrrole nitrogens is 1. The highest BCUT2D eigenvalue weighted by Gasteiger charge is 2.40. The van der Waals surface area contributed by atoms with Crippen molar-refractivity contribution >= 4 is 56.7 Å². The number of hydrogen-bond donors (Lipinski definition) is 2. The molecule has 0 bridgehead atoms. The number of likely N-dealkylation sites (tertiary alicyclic amines) is 1. The lowest BCUT2D eigenvalue weighted by molar-refractivity contribution is -0.138. The fourth-order valence-electron chi connectivity index (χ4n) is 5.76. The van der Waals surface area contributed by atoms with Gasteiger partial charge in [-0.25, -0.2) is 4.39 Å². The van der Waals surface area contributed by atoms with E-state index in [0.717, 1.165) is 5.39 Å². The first-order valence-corrected chi connectivity index (χ1v) is 13.9. The van der Waals surface area contributed by atoms with Crippen molar-refractivity contribution < 1.29 is 18.8 Å². The molecule has 1 aliphatic heterocycles. The molecule has 2 N–H and O–H groups in total. The Balaban J connectivity index is 1.27. The molecule has 0 aliphatic carbocycles. The number of ketones is 1. The van der Waals surface area contributed by atoms with Crippen LogP contribution in [0, 0.1) is 5.82 Å². The maximum absolute atomic E-state index is 15.8. The molecule has 42 heavy (non-hydrogen) atoms. The third-order valence-corrected chi connectivity index (χ3v) is 8.17. The molecule has 6 rings (SSSR count). The van der Waals surface area contributed by atoms with Crippen LogP contribution in [0.1, 0.15) is 30.3 Å². The molecule has 2 amide bonds. The van der Waals surface area contributed by atoms with Crippen LogP contribution in [0.15, 0.2) is 79.5 Å². The number of hydrogen-bond acceptors (Lipinski definition) is 4. The van der Waals surface area contributed by atoms with Crippen molar-refractivity contribution in [1.82, 2.24) is 19.7 Å². The maximum atomic E-state index is 15.8. The van der Waals surface area contributed by atoms with Gasteiger partial charge in [-0.2, -0.15) is 5.10 Å². The molecule has 8 nitrogen and oxygen atoms in total. The predicted molar refractivity (Wildman–Crippen MR) is 161 cm³/mol. The second kappa shape index (κ2) is 10.9. The monoisotopic (exact) mass is 583 g/mol. The zero-order chi connectivity index (χ0) is 29.5. The van der Waals surface area contributed by atoms with Crippen molar-refractivity contribution in [3.05, 3.63) is 96.0 Å². The number of aromatic nitrogens is 3. The van der Waals surface area contributed by atoms with Crippen molar-refractivity contribution in [3.63, 3.8) is 0 Å². The Morgan fingerprint density at radius 2 is 1.90 bits per heavy atom. The average molecular weight is 584 g/mol. The number of para-hydroxylation sites is 1. The fraction of sp³-hybridized carbons (Fsp3) is 0.188. The minimum atomic E-state index is -0.850. The number of Topliss-reactive ketones (excluding diaryl/α,β-unsaturated/α-hetero) is 1. The van der Waals surface area contributed by atoms with Crippen LogP contribution in [-0.2, 0) is 16.1 Å². The molecule has 0 radical (unpaired) electrons. The van der Waals surface area contributed by atoms with Gasteiger partial charge in [0.25, 0.3) is 0 Å². The number of nitrogens with zero attached hydrogens (tertiary/aromatic N) is 3. The van der Waals surface area contributed by atoms with Crippen molar-refractivity contribution in [3.8, 4) is 11.1 Å². The lowest BCUT2D eigenvalue weighted by Crippen LogP contribution is -2.47. The molecule has 3 aromatic carbocycles. The number of anilines is 1. The van der Waals surface area contributed by atoms with Gasteiger partial charge in [-0.3, -0.25) is 19.1 Å². The van der Waals surface area contributed by atoms with Gasteiger partial charge in [-0.1, -0.05) is 60.1 Å². The molecule has 5 aromatic rings. The molecule has 2 aromatic heterocycles. The van der Waals surface area contributed by atoms with Gasteiger partial charge < -0.3 is 15.2 Å². The highest BCUT2D eigenvalue weighted by molar-refractivity contribution is 6.38. The summed E-state index contributed by atoms with van der Waals surface area (Å²) in [6.07, 6.45) is 4.30. The topological polar surface area (TPSA) is 100 Å². The van der Waals surface area contributed by atoms with E-state index >= 15 is 4.39 Å². The van der Waals surface area contributed by atoms with Crippen LogP contribution in [0.3, 0.4) is 0 Å². The predicted octanol–water partition coefficient (Wildman–Crippen LogP) is 6.36. The van der Waals surface area contributed by atoms with Gasteiger partial charge in [-0.15, -0.1) is 6.58 Å². The largest absolute Gasteiger partial charge is 0.360 e. The summed E-state index contributed by atoms with van der Waals surface area (Å²) in [5.74, 6) is -1.71. The first-order chi connectivity index (χ1) is 20.3. The highest BCUT2D eigenvalue weighted by atomic mass is 35.5. The molecule has 0 unspecified atom stereocenters. The molecular formula is C32H27ClFN5O3. The second-order valence-corrected chi connectivity index (χ2v) is 10.7. The second-order valence-electron chi connectivity index (χ2n) is 10.3. The van der Waals surface area contributed by atoms with E-state index in [0.29, 0.717) is 39.8 Å². The molecule has 1 saturated heterocycles. The van der Waals surface area contributed by atoms with Crippen molar-refractivity contribution in [2.45, 2.75) is 38.4 Å². The van der Waals surface area contributed by atoms with E-state index < -0.39 is 17.8 Å². The first-order valence-electron chi connectivity index (χ1n) is 13.5. The smallest absolute Gasteiger partial charge is 0.247 e. The Hall–Kier alpha value is -4.76. The number of nitrogens with one attached hydrogen (secondary N) is 2. The summed E-state index contributed by atoms with van der Waals surface area (Å²) in [4.78, 5) is 43.9. The van der Waals surface area contributed by atoms with Gasteiger partial charge in [-0.05, 0) is 31.0 Å². The summed E-state index contributed by atoms with van der Waals surface area (Å²) < 4.78 is 17.3. The van der Waals surface area contributed by atoms with Crippen molar-refractivity contribution in [1.29, 1.82) is 0 Å². The third kappa shape index (κ3) is 4.65. The van der Waals surface area contributed by atoms with Gasteiger partial charge in [0.15, 0.2) is 11.6 Å². The molecule has 1 aliphatic rings. The normalized spacial score (nSPS) is 16.7. The molecular weight excluding hydrogens is 557 g/mol. The van der Waals surface area contributed by atoms with E-state index in [-0.39, 0.29) is 41.2 Å². The van der Waals surface area contributed by atoms with Crippen LogP contribution in [0.25, 0.3) is 32.9 Å².